The normalized spacial score (nSPS) is 15.8. The maximum Gasteiger partial charge on any atom is 0.323 e. The molecule has 1 saturated heterocycles. The van der Waals surface area contributed by atoms with Gasteiger partial charge in [0.1, 0.15) is 6.26 Å². The van der Waals surface area contributed by atoms with Crippen LogP contribution in [-0.4, -0.2) is 53.1 Å². The molecule has 92 valence electrons. The van der Waals surface area contributed by atoms with Gasteiger partial charge >= 0.3 is 6.03 Å². The molecule has 3 amide bonds. The molecule has 7 nitrogen and oxygen atoms in total. The molecule has 17 heavy (non-hydrogen) atoms. The van der Waals surface area contributed by atoms with E-state index in [1.54, 1.807) is 15.9 Å². The maximum absolute atomic E-state index is 11.8. The van der Waals surface area contributed by atoms with Crippen molar-refractivity contribution in [2.45, 2.75) is 6.92 Å². The van der Waals surface area contributed by atoms with Crippen LogP contribution in [0, 0.1) is 0 Å². The Balaban J connectivity index is 1.84. The van der Waals surface area contributed by atoms with Gasteiger partial charge in [-0.1, -0.05) is 5.16 Å². The van der Waals surface area contributed by atoms with Crippen LogP contribution in [0.1, 0.15) is 6.92 Å². The van der Waals surface area contributed by atoms with Crippen molar-refractivity contribution in [1.82, 2.24) is 15.0 Å². The van der Waals surface area contributed by atoms with E-state index >= 15 is 0 Å². The van der Waals surface area contributed by atoms with Gasteiger partial charge in [0.15, 0.2) is 5.82 Å². The number of aromatic nitrogens is 1. The fraction of sp³-hybridized carbons (Fsp3) is 0.500. The van der Waals surface area contributed by atoms with Crippen molar-refractivity contribution in [3.63, 3.8) is 0 Å². The van der Waals surface area contributed by atoms with Crippen LogP contribution in [0.5, 0.6) is 0 Å². The minimum atomic E-state index is -0.220. The van der Waals surface area contributed by atoms with Crippen molar-refractivity contribution < 1.29 is 14.1 Å². The van der Waals surface area contributed by atoms with Crippen molar-refractivity contribution in [2.24, 2.45) is 0 Å². The summed E-state index contributed by atoms with van der Waals surface area (Å²) in [5.74, 6) is 0.436. The number of anilines is 1. The minimum Gasteiger partial charge on any atom is -0.363 e. The van der Waals surface area contributed by atoms with Gasteiger partial charge < -0.3 is 14.3 Å². The number of hydrogen-bond donors (Lipinski definition) is 1. The molecule has 0 spiro atoms. The van der Waals surface area contributed by atoms with Gasteiger partial charge in [0.2, 0.25) is 5.91 Å². The second-order valence-corrected chi connectivity index (χ2v) is 3.81. The largest absolute Gasteiger partial charge is 0.363 e. The molecule has 1 fully saturated rings. The second-order valence-electron chi connectivity index (χ2n) is 3.81. The van der Waals surface area contributed by atoms with Crippen LogP contribution in [0.25, 0.3) is 0 Å². The van der Waals surface area contributed by atoms with Gasteiger partial charge in [-0.25, -0.2) is 4.79 Å². The van der Waals surface area contributed by atoms with E-state index in [-0.39, 0.29) is 11.9 Å². The highest BCUT2D eigenvalue weighted by Crippen LogP contribution is 2.06. The van der Waals surface area contributed by atoms with Crippen LogP contribution < -0.4 is 5.32 Å². The zero-order valence-electron chi connectivity index (χ0n) is 9.55. The Bertz CT molecular complexity index is 396. The first-order valence-corrected chi connectivity index (χ1v) is 5.38. The molecule has 0 saturated carbocycles. The molecule has 1 aliphatic rings. The summed E-state index contributed by atoms with van der Waals surface area (Å²) in [7, 11) is 0. The van der Waals surface area contributed by atoms with E-state index in [4.69, 9.17) is 0 Å². The number of nitrogens with zero attached hydrogens (tertiary/aromatic N) is 3. The van der Waals surface area contributed by atoms with E-state index < -0.39 is 0 Å². The highest BCUT2D eigenvalue weighted by atomic mass is 16.5. The van der Waals surface area contributed by atoms with Crippen molar-refractivity contribution >= 4 is 17.8 Å². The Morgan fingerprint density at radius 3 is 2.47 bits per heavy atom. The molecule has 2 rings (SSSR count). The highest BCUT2D eigenvalue weighted by molar-refractivity contribution is 5.88. The van der Waals surface area contributed by atoms with Gasteiger partial charge in [0.25, 0.3) is 0 Å². The fourth-order valence-electron chi connectivity index (χ4n) is 1.69. The Labute approximate surface area is 98.3 Å². The number of rotatable bonds is 1. The smallest absolute Gasteiger partial charge is 0.323 e. The summed E-state index contributed by atoms with van der Waals surface area (Å²) in [6.07, 6.45) is 1.39. The van der Waals surface area contributed by atoms with Gasteiger partial charge in [-0.3, -0.25) is 10.1 Å². The summed E-state index contributed by atoms with van der Waals surface area (Å²) in [6.45, 7) is 3.74. The Hall–Kier alpha value is -2.05. The number of carbonyl (C=O) groups excluding carboxylic acids is 2. The van der Waals surface area contributed by atoms with Crippen LogP contribution in [0.3, 0.4) is 0 Å². The SMILES string of the molecule is CC(=O)N1CCN(C(=O)Nc2ccon2)CC1. The molecule has 1 aliphatic heterocycles. The Kier molecular flexibility index (Phi) is 3.27. The van der Waals surface area contributed by atoms with Crippen LogP contribution >= 0.6 is 0 Å². The first-order chi connectivity index (χ1) is 8.16. The van der Waals surface area contributed by atoms with Crippen molar-refractivity contribution in [2.75, 3.05) is 31.5 Å². The summed E-state index contributed by atoms with van der Waals surface area (Å²) in [6, 6.07) is 1.35. The van der Waals surface area contributed by atoms with Crippen molar-refractivity contribution in [3.8, 4) is 0 Å². The van der Waals surface area contributed by atoms with Gasteiger partial charge in [0, 0.05) is 39.2 Å². The standard InChI is InChI=1S/C10H14N4O3/c1-8(15)13-3-5-14(6-4-13)10(16)11-9-2-7-17-12-9/h2,7H,3-6H2,1H3,(H,11,12,16). The van der Waals surface area contributed by atoms with Crippen LogP contribution in [0.15, 0.2) is 16.9 Å². The average Bonchev–Trinajstić information content (AvgIpc) is 2.82. The predicted molar refractivity (Wildman–Crippen MR) is 59.3 cm³/mol. The summed E-state index contributed by atoms with van der Waals surface area (Å²) >= 11 is 0. The zero-order valence-corrected chi connectivity index (χ0v) is 9.55. The molecule has 0 unspecified atom stereocenters. The molecule has 0 aliphatic carbocycles. The fourth-order valence-corrected chi connectivity index (χ4v) is 1.69. The lowest BCUT2D eigenvalue weighted by atomic mass is 10.3. The summed E-state index contributed by atoms with van der Waals surface area (Å²) < 4.78 is 4.62. The summed E-state index contributed by atoms with van der Waals surface area (Å²) in [4.78, 5) is 26.3. The molecule has 0 aromatic carbocycles. The van der Waals surface area contributed by atoms with Crippen LogP contribution in [0.4, 0.5) is 10.6 Å². The third kappa shape index (κ3) is 2.74. The van der Waals surface area contributed by atoms with E-state index in [1.165, 1.54) is 13.2 Å². The predicted octanol–water partition coefficient (Wildman–Crippen LogP) is 0.371. The third-order valence-corrected chi connectivity index (χ3v) is 2.69. The second kappa shape index (κ2) is 4.86. The molecule has 7 heteroatoms. The van der Waals surface area contributed by atoms with Gasteiger partial charge in [-0.15, -0.1) is 0 Å². The van der Waals surface area contributed by atoms with E-state index in [9.17, 15) is 9.59 Å². The first kappa shape index (κ1) is 11.4. The molecule has 0 bridgehead atoms. The number of piperazine rings is 1. The number of amides is 3. The van der Waals surface area contributed by atoms with E-state index in [0.717, 1.165) is 0 Å². The van der Waals surface area contributed by atoms with Crippen molar-refractivity contribution in [1.29, 1.82) is 0 Å². The van der Waals surface area contributed by atoms with Crippen LogP contribution in [0.2, 0.25) is 0 Å². The lowest BCUT2D eigenvalue weighted by Gasteiger charge is -2.33. The van der Waals surface area contributed by atoms with Crippen LogP contribution in [-0.2, 0) is 4.79 Å². The van der Waals surface area contributed by atoms with Crippen molar-refractivity contribution in [3.05, 3.63) is 12.3 Å². The number of hydrogen-bond acceptors (Lipinski definition) is 4. The van der Waals surface area contributed by atoms with E-state index in [0.29, 0.717) is 32.0 Å². The quantitative estimate of drug-likeness (QED) is 0.766. The maximum atomic E-state index is 11.8. The molecule has 2 heterocycles. The van der Waals surface area contributed by atoms with E-state index in [2.05, 4.69) is 15.0 Å². The molecular weight excluding hydrogens is 224 g/mol. The zero-order chi connectivity index (χ0) is 12.3. The molecule has 1 aromatic rings. The number of nitrogens with one attached hydrogen (secondary N) is 1. The molecule has 0 radical (unpaired) electrons. The third-order valence-electron chi connectivity index (χ3n) is 2.69. The molecule has 0 atom stereocenters. The molecule has 1 aromatic heterocycles. The molecular formula is C10H14N4O3. The highest BCUT2D eigenvalue weighted by Gasteiger charge is 2.22. The Morgan fingerprint density at radius 2 is 1.94 bits per heavy atom. The average molecular weight is 238 g/mol. The minimum absolute atomic E-state index is 0.0431. The number of carbonyl (C=O) groups is 2. The Morgan fingerprint density at radius 1 is 1.29 bits per heavy atom. The van der Waals surface area contributed by atoms with Gasteiger partial charge in [0.05, 0.1) is 0 Å². The number of urea groups is 1. The topological polar surface area (TPSA) is 78.7 Å². The summed E-state index contributed by atoms with van der Waals surface area (Å²) in [5, 5.41) is 6.21. The lowest BCUT2D eigenvalue weighted by Crippen LogP contribution is -2.51. The molecule has 1 N–H and O–H groups in total. The lowest BCUT2D eigenvalue weighted by molar-refractivity contribution is -0.130. The monoisotopic (exact) mass is 238 g/mol. The first-order valence-electron chi connectivity index (χ1n) is 5.38. The van der Waals surface area contributed by atoms with Gasteiger partial charge in [-0.05, 0) is 0 Å². The van der Waals surface area contributed by atoms with E-state index in [1.807, 2.05) is 0 Å². The van der Waals surface area contributed by atoms with Gasteiger partial charge in [-0.2, -0.15) is 0 Å². The summed E-state index contributed by atoms with van der Waals surface area (Å²) in [5.41, 5.74) is 0.